The van der Waals surface area contributed by atoms with Gasteiger partial charge in [-0.15, -0.1) is 10.2 Å². The molecule has 0 radical (unpaired) electrons. The Morgan fingerprint density at radius 2 is 2.29 bits per heavy atom. The maximum Gasteiger partial charge on any atom is 0.410 e. The van der Waals surface area contributed by atoms with E-state index in [1.54, 1.807) is 11.9 Å². The van der Waals surface area contributed by atoms with Crippen molar-refractivity contribution in [3.05, 3.63) is 0 Å². The quantitative estimate of drug-likeness (QED) is 0.769. The number of amides is 1. The standard InChI is InChI=1S/C9H13N5O2S/c1-13-4-9(16-8(13)15)2-3-14(5-9)7-12-11-6(10)17-7/h2-5H2,1H3,(H2,10,11). The lowest BCUT2D eigenvalue weighted by atomic mass is 10.0. The molecular weight excluding hydrogens is 242 g/mol. The van der Waals surface area contributed by atoms with E-state index >= 15 is 0 Å². The van der Waals surface area contributed by atoms with Gasteiger partial charge in [-0.05, 0) is 0 Å². The number of aromatic nitrogens is 2. The highest BCUT2D eigenvalue weighted by molar-refractivity contribution is 7.18. The molecule has 1 spiro atoms. The third-order valence-electron chi connectivity index (χ3n) is 3.16. The number of carbonyl (C=O) groups is 1. The van der Waals surface area contributed by atoms with E-state index in [1.165, 1.54) is 11.3 Å². The van der Waals surface area contributed by atoms with Gasteiger partial charge in [-0.3, -0.25) is 0 Å². The van der Waals surface area contributed by atoms with Gasteiger partial charge in [0.25, 0.3) is 0 Å². The van der Waals surface area contributed by atoms with Gasteiger partial charge in [-0.25, -0.2) is 4.79 Å². The number of carbonyl (C=O) groups excluding carboxylic acids is 1. The molecule has 0 saturated carbocycles. The first-order valence-corrected chi connectivity index (χ1v) is 6.18. The zero-order valence-corrected chi connectivity index (χ0v) is 10.2. The molecule has 0 aliphatic carbocycles. The van der Waals surface area contributed by atoms with Gasteiger partial charge >= 0.3 is 6.09 Å². The smallest absolute Gasteiger partial charge is 0.410 e. The molecule has 3 heterocycles. The molecule has 1 unspecified atom stereocenters. The molecular formula is C9H13N5O2S. The minimum atomic E-state index is -0.383. The minimum absolute atomic E-state index is 0.247. The zero-order valence-electron chi connectivity index (χ0n) is 9.42. The molecule has 2 fully saturated rings. The van der Waals surface area contributed by atoms with Crippen molar-refractivity contribution in [1.82, 2.24) is 15.1 Å². The number of ether oxygens (including phenoxy) is 1. The summed E-state index contributed by atoms with van der Waals surface area (Å²) in [5, 5.41) is 9.05. The van der Waals surface area contributed by atoms with Crippen LogP contribution < -0.4 is 10.6 Å². The lowest BCUT2D eigenvalue weighted by Crippen LogP contribution is -2.37. The van der Waals surface area contributed by atoms with Crippen LogP contribution in [0, 0.1) is 0 Å². The van der Waals surface area contributed by atoms with E-state index in [2.05, 4.69) is 15.1 Å². The maximum absolute atomic E-state index is 11.4. The summed E-state index contributed by atoms with van der Waals surface area (Å²) in [5.41, 5.74) is 5.18. The molecule has 2 saturated heterocycles. The second kappa shape index (κ2) is 3.46. The van der Waals surface area contributed by atoms with Gasteiger partial charge < -0.3 is 20.3 Å². The molecule has 2 aliphatic rings. The number of likely N-dealkylation sites (N-methyl/N-ethyl adjacent to an activating group) is 1. The highest BCUT2D eigenvalue weighted by atomic mass is 32.1. The summed E-state index contributed by atoms with van der Waals surface area (Å²) >= 11 is 1.36. The van der Waals surface area contributed by atoms with Crippen LogP contribution >= 0.6 is 11.3 Å². The van der Waals surface area contributed by atoms with Crippen molar-refractivity contribution in [1.29, 1.82) is 0 Å². The zero-order chi connectivity index (χ0) is 12.0. The third kappa shape index (κ3) is 1.68. The summed E-state index contributed by atoms with van der Waals surface area (Å²) in [6.45, 7) is 2.12. The minimum Gasteiger partial charge on any atom is -0.439 e. The fourth-order valence-electron chi connectivity index (χ4n) is 2.37. The van der Waals surface area contributed by atoms with E-state index in [9.17, 15) is 4.79 Å². The van der Waals surface area contributed by atoms with Crippen LogP contribution in [-0.2, 0) is 4.74 Å². The molecule has 2 N–H and O–H groups in total. The molecule has 0 aromatic carbocycles. The third-order valence-corrected chi connectivity index (χ3v) is 3.97. The van der Waals surface area contributed by atoms with E-state index in [0.29, 0.717) is 18.2 Å². The largest absolute Gasteiger partial charge is 0.439 e. The monoisotopic (exact) mass is 255 g/mol. The summed E-state index contributed by atoms with van der Waals surface area (Å²) in [6.07, 6.45) is 0.575. The predicted molar refractivity (Wildman–Crippen MR) is 63.0 cm³/mol. The van der Waals surface area contributed by atoms with Gasteiger partial charge in [0.2, 0.25) is 10.3 Å². The number of nitrogen functional groups attached to an aromatic ring is 1. The van der Waals surface area contributed by atoms with Gasteiger partial charge in [-0.2, -0.15) is 0 Å². The Hall–Kier alpha value is -1.57. The number of nitrogens with two attached hydrogens (primary N) is 1. The Morgan fingerprint density at radius 3 is 2.88 bits per heavy atom. The first-order chi connectivity index (χ1) is 8.08. The molecule has 1 aromatic heterocycles. The van der Waals surface area contributed by atoms with Crippen LogP contribution in [0.25, 0.3) is 0 Å². The lowest BCUT2D eigenvalue weighted by Gasteiger charge is -2.20. The Kier molecular flexibility index (Phi) is 2.15. The fourth-order valence-corrected chi connectivity index (χ4v) is 3.00. The molecule has 92 valence electrons. The van der Waals surface area contributed by atoms with Crippen LogP contribution in [0.2, 0.25) is 0 Å². The molecule has 3 rings (SSSR count). The maximum atomic E-state index is 11.4. The van der Waals surface area contributed by atoms with E-state index in [1.807, 2.05) is 0 Å². The second-order valence-corrected chi connectivity index (χ2v) is 5.49. The average molecular weight is 255 g/mol. The SMILES string of the molecule is CN1CC2(CCN(c3nnc(N)s3)C2)OC1=O. The summed E-state index contributed by atoms with van der Waals surface area (Å²) in [6, 6.07) is 0. The highest BCUT2D eigenvalue weighted by Crippen LogP contribution is 2.35. The molecule has 1 amide bonds. The lowest BCUT2D eigenvalue weighted by molar-refractivity contribution is 0.0742. The first-order valence-electron chi connectivity index (χ1n) is 5.36. The van der Waals surface area contributed by atoms with Crippen molar-refractivity contribution in [2.24, 2.45) is 0 Å². The number of hydrogen-bond acceptors (Lipinski definition) is 7. The van der Waals surface area contributed by atoms with Crippen molar-refractivity contribution in [3.8, 4) is 0 Å². The molecule has 1 atom stereocenters. The number of rotatable bonds is 1. The summed E-state index contributed by atoms with van der Waals surface area (Å²) in [4.78, 5) is 15.1. The Labute approximate surface area is 102 Å². The number of hydrogen-bond donors (Lipinski definition) is 1. The van der Waals surface area contributed by atoms with Crippen molar-refractivity contribution < 1.29 is 9.53 Å². The number of nitrogens with zero attached hydrogens (tertiary/aromatic N) is 4. The van der Waals surface area contributed by atoms with Gasteiger partial charge in [0.15, 0.2) is 5.60 Å². The van der Waals surface area contributed by atoms with E-state index < -0.39 is 0 Å². The van der Waals surface area contributed by atoms with Crippen molar-refractivity contribution >= 4 is 27.7 Å². The first kappa shape index (κ1) is 10.6. The molecule has 17 heavy (non-hydrogen) atoms. The summed E-state index contributed by atoms with van der Waals surface area (Å²) in [7, 11) is 1.75. The summed E-state index contributed by atoms with van der Waals surface area (Å²) < 4.78 is 5.45. The van der Waals surface area contributed by atoms with Crippen LogP contribution in [0.4, 0.5) is 15.1 Å². The van der Waals surface area contributed by atoms with Crippen LogP contribution in [0.1, 0.15) is 6.42 Å². The van der Waals surface area contributed by atoms with Gasteiger partial charge in [0.1, 0.15) is 0 Å². The molecule has 7 nitrogen and oxygen atoms in total. The Bertz CT molecular complexity index is 464. The topological polar surface area (TPSA) is 84.6 Å². The molecule has 2 aliphatic heterocycles. The Morgan fingerprint density at radius 1 is 1.47 bits per heavy atom. The van der Waals surface area contributed by atoms with E-state index in [-0.39, 0.29) is 11.7 Å². The molecule has 1 aromatic rings. The molecule has 8 heteroatoms. The van der Waals surface area contributed by atoms with Crippen LogP contribution in [0.3, 0.4) is 0 Å². The highest BCUT2D eigenvalue weighted by Gasteiger charge is 2.49. The fraction of sp³-hybridized carbons (Fsp3) is 0.667. The van der Waals surface area contributed by atoms with E-state index in [4.69, 9.17) is 10.5 Å². The number of anilines is 2. The van der Waals surface area contributed by atoms with Crippen LogP contribution in [0.15, 0.2) is 0 Å². The van der Waals surface area contributed by atoms with E-state index in [0.717, 1.165) is 18.1 Å². The van der Waals surface area contributed by atoms with Crippen molar-refractivity contribution in [3.63, 3.8) is 0 Å². The van der Waals surface area contributed by atoms with Crippen molar-refractivity contribution in [2.75, 3.05) is 37.3 Å². The van der Waals surface area contributed by atoms with Crippen LogP contribution in [0.5, 0.6) is 0 Å². The predicted octanol–water partition coefficient (Wildman–Crippen LogP) is 0.151. The van der Waals surface area contributed by atoms with Crippen LogP contribution in [-0.4, -0.2) is 53.5 Å². The second-order valence-electron chi connectivity index (χ2n) is 4.50. The summed E-state index contributed by atoms with van der Waals surface area (Å²) in [5.74, 6) is 0. The Balaban J connectivity index is 1.76. The molecule has 0 bridgehead atoms. The normalized spacial score (nSPS) is 28.2. The van der Waals surface area contributed by atoms with Gasteiger partial charge in [-0.1, -0.05) is 11.3 Å². The van der Waals surface area contributed by atoms with Gasteiger partial charge in [0, 0.05) is 20.0 Å². The average Bonchev–Trinajstić information content (AvgIpc) is 2.91. The van der Waals surface area contributed by atoms with Gasteiger partial charge in [0.05, 0.1) is 13.1 Å². The van der Waals surface area contributed by atoms with Crippen molar-refractivity contribution in [2.45, 2.75) is 12.0 Å².